The molecule has 2 saturated carbocycles. The monoisotopic (exact) mass is 321 g/mol. The Hall–Kier alpha value is -0.910. The van der Waals surface area contributed by atoms with Gasteiger partial charge in [-0.3, -0.25) is 0 Å². The minimum absolute atomic E-state index is 0.429. The maximum atomic E-state index is 12.7. The van der Waals surface area contributed by atoms with Crippen LogP contribution in [0.1, 0.15) is 25.7 Å². The van der Waals surface area contributed by atoms with Gasteiger partial charge in [0.25, 0.3) is 0 Å². The fourth-order valence-electron chi connectivity index (χ4n) is 4.87. The van der Waals surface area contributed by atoms with Gasteiger partial charge >= 0.3 is 0 Å². The van der Waals surface area contributed by atoms with Crippen molar-refractivity contribution in [3.8, 4) is 0 Å². The van der Waals surface area contributed by atoms with Gasteiger partial charge in [0, 0.05) is 12.3 Å². The van der Waals surface area contributed by atoms with E-state index in [1.807, 2.05) is 6.07 Å². The highest BCUT2D eigenvalue weighted by atomic mass is 32.2. The Morgan fingerprint density at radius 2 is 1.73 bits per heavy atom. The Balaban J connectivity index is 1.42. The number of benzene rings is 1. The van der Waals surface area contributed by atoms with E-state index in [2.05, 4.69) is 0 Å². The second-order valence-corrected chi connectivity index (χ2v) is 9.09. The molecule has 0 radical (unpaired) electrons. The summed E-state index contributed by atoms with van der Waals surface area (Å²) >= 11 is 0. The average Bonchev–Trinajstić information content (AvgIpc) is 3.19. The van der Waals surface area contributed by atoms with Crippen LogP contribution < -0.4 is 4.90 Å². The summed E-state index contributed by atoms with van der Waals surface area (Å²) < 4.78 is 27.0. The molecular formula is C17H25N2O2S+. The lowest BCUT2D eigenvalue weighted by atomic mass is 9.93. The maximum absolute atomic E-state index is 12.7. The van der Waals surface area contributed by atoms with Crippen LogP contribution in [0.25, 0.3) is 0 Å². The van der Waals surface area contributed by atoms with Gasteiger partial charge in [0.05, 0.1) is 37.1 Å². The smallest absolute Gasteiger partial charge is 0.243 e. The molecule has 1 aliphatic heterocycles. The third-order valence-corrected chi connectivity index (χ3v) is 7.92. The van der Waals surface area contributed by atoms with Gasteiger partial charge in [0.1, 0.15) is 0 Å². The molecule has 1 N–H and O–H groups in total. The number of piperazine rings is 1. The maximum Gasteiger partial charge on any atom is 0.243 e. The predicted molar refractivity (Wildman–Crippen MR) is 85.1 cm³/mol. The van der Waals surface area contributed by atoms with Crippen LogP contribution in [0.15, 0.2) is 35.2 Å². The van der Waals surface area contributed by atoms with Gasteiger partial charge in [0.15, 0.2) is 0 Å². The van der Waals surface area contributed by atoms with Crippen molar-refractivity contribution < 1.29 is 13.3 Å². The lowest BCUT2D eigenvalue weighted by molar-refractivity contribution is -0.932. The van der Waals surface area contributed by atoms with Crippen LogP contribution in [0.4, 0.5) is 0 Å². The molecular weight excluding hydrogens is 296 g/mol. The molecule has 1 aromatic carbocycles. The van der Waals surface area contributed by atoms with Crippen LogP contribution >= 0.6 is 0 Å². The fraction of sp³-hybridized carbons (Fsp3) is 0.647. The predicted octanol–water partition coefficient (Wildman–Crippen LogP) is 0.764. The Bertz CT molecular complexity index is 623. The molecule has 2 bridgehead atoms. The Morgan fingerprint density at radius 3 is 2.32 bits per heavy atom. The van der Waals surface area contributed by atoms with Crippen molar-refractivity contribution in [2.75, 3.05) is 26.2 Å². The van der Waals surface area contributed by atoms with Crippen molar-refractivity contribution in [2.45, 2.75) is 36.6 Å². The lowest BCUT2D eigenvalue weighted by Gasteiger charge is -2.37. The standard InChI is InChI=1S/C17H24N2O2S/c20-22(21,16-4-2-1-3-5-16)19-10-8-18(9-11-19)17-13-14-6-7-15(17)12-14/h1-5,14-15,17H,6-13H2/p+1/t14-,15+,17+/m0/s1. The van der Waals surface area contributed by atoms with Crippen molar-refractivity contribution in [3.63, 3.8) is 0 Å². The largest absolute Gasteiger partial charge is 0.330 e. The molecule has 3 atom stereocenters. The van der Waals surface area contributed by atoms with Crippen LogP contribution in [-0.4, -0.2) is 44.9 Å². The van der Waals surface area contributed by atoms with Crippen molar-refractivity contribution >= 4 is 10.0 Å². The van der Waals surface area contributed by atoms with E-state index in [0.717, 1.165) is 31.0 Å². The molecule has 0 spiro atoms. The van der Waals surface area contributed by atoms with Crippen molar-refractivity contribution in [3.05, 3.63) is 30.3 Å². The third kappa shape index (κ3) is 2.49. The van der Waals surface area contributed by atoms with Crippen LogP contribution in [0.5, 0.6) is 0 Å². The Morgan fingerprint density at radius 1 is 1.00 bits per heavy atom. The molecule has 22 heavy (non-hydrogen) atoms. The minimum Gasteiger partial charge on any atom is -0.330 e. The van der Waals surface area contributed by atoms with Gasteiger partial charge in [-0.15, -0.1) is 0 Å². The number of fused-ring (bicyclic) bond motifs is 2. The number of quaternary nitrogens is 1. The molecule has 3 fully saturated rings. The summed E-state index contributed by atoms with van der Waals surface area (Å²) in [4.78, 5) is 2.09. The first-order valence-electron chi connectivity index (χ1n) is 8.54. The van der Waals surface area contributed by atoms with Crippen LogP contribution in [0.2, 0.25) is 0 Å². The zero-order chi connectivity index (χ0) is 15.2. The zero-order valence-corrected chi connectivity index (χ0v) is 13.8. The first-order chi connectivity index (χ1) is 10.6. The molecule has 0 aromatic heterocycles. The molecule has 2 aliphatic carbocycles. The van der Waals surface area contributed by atoms with E-state index >= 15 is 0 Å². The SMILES string of the molecule is O=S(=O)(c1ccccc1)N1CC[NH+]([C@@H]2C[C@H]3CC[C@@H]2C3)CC1. The molecule has 1 aromatic rings. The number of nitrogens with zero attached hydrogens (tertiary/aromatic N) is 1. The number of hydrogen-bond acceptors (Lipinski definition) is 2. The number of hydrogen-bond donors (Lipinski definition) is 1. The molecule has 0 amide bonds. The molecule has 1 saturated heterocycles. The van der Waals surface area contributed by atoms with Gasteiger partial charge in [-0.2, -0.15) is 4.31 Å². The van der Waals surface area contributed by atoms with E-state index in [0.29, 0.717) is 18.0 Å². The number of sulfonamides is 1. The second kappa shape index (κ2) is 5.62. The number of rotatable bonds is 3. The molecule has 0 unspecified atom stereocenters. The molecule has 1 heterocycles. The van der Waals surface area contributed by atoms with Gasteiger partial charge < -0.3 is 4.90 Å². The summed E-state index contributed by atoms with van der Waals surface area (Å²) in [6.45, 7) is 3.28. The van der Waals surface area contributed by atoms with E-state index < -0.39 is 10.0 Å². The van der Waals surface area contributed by atoms with Crippen LogP contribution in [0, 0.1) is 11.8 Å². The van der Waals surface area contributed by atoms with Gasteiger partial charge in [0.2, 0.25) is 10.0 Å². The van der Waals surface area contributed by atoms with Crippen molar-refractivity contribution in [1.29, 1.82) is 0 Å². The highest BCUT2D eigenvalue weighted by molar-refractivity contribution is 7.89. The number of nitrogens with one attached hydrogen (secondary N) is 1. The highest BCUT2D eigenvalue weighted by Crippen LogP contribution is 2.43. The third-order valence-electron chi connectivity index (χ3n) is 6.01. The van der Waals surface area contributed by atoms with Crippen molar-refractivity contribution in [2.24, 2.45) is 11.8 Å². The Kier molecular flexibility index (Phi) is 3.75. The van der Waals surface area contributed by atoms with E-state index in [-0.39, 0.29) is 0 Å². The first kappa shape index (κ1) is 14.7. The summed E-state index contributed by atoms with van der Waals surface area (Å²) in [5, 5.41) is 0. The fourth-order valence-corrected chi connectivity index (χ4v) is 6.33. The van der Waals surface area contributed by atoms with Gasteiger partial charge in [-0.1, -0.05) is 18.2 Å². The van der Waals surface area contributed by atoms with Crippen LogP contribution in [0.3, 0.4) is 0 Å². The summed E-state index contributed by atoms with van der Waals surface area (Å²) in [7, 11) is -3.30. The van der Waals surface area contributed by atoms with Crippen molar-refractivity contribution in [1.82, 2.24) is 4.31 Å². The molecule has 3 aliphatic rings. The molecule has 120 valence electrons. The van der Waals surface area contributed by atoms with Gasteiger partial charge in [-0.05, 0) is 37.3 Å². The quantitative estimate of drug-likeness (QED) is 0.893. The average molecular weight is 321 g/mol. The summed E-state index contributed by atoms with van der Waals surface area (Å²) in [6, 6.07) is 9.65. The second-order valence-electron chi connectivity index (χ2n) is 7.16. The topological polar surface area (TPSA) is 41.8 Å². The van der Waals surface area contributed by atoms with E-state index in [9.17, 15) is 8.42 Å². The van der Waals surface area contributed by atoms with E-state index in [1.165, 1.54) is 25.7 Å². The van der Waals surface area contributed by atoms with E-state index in [4.69, 9.17) is 0 Å². The molecule has 4 nitrogen and oxygen atoms in total. The first-order valence-corrected chi connectivity index (χ1v) is 9.98. The Labute approximate surface area is 133 Å². The van der Waals surface area contributed by atoms with E-state index in [1.54, 1.807) is 33.5 Å². The lowest BCUT2D eigenvalue weighted by Crippen LogP contribution is -3.18. The normalized spacial score (nSPS) is 33.4. The highest BCUT2D eigenvalue weighted by Gasteiger charge is 2.46. The molecule has 4 rings (SSSR count). The zero-order valence-electron chi connectivity index (χ0n) is 12.9. The summed E-state index contributed by atoms with van der Waals surface area (Å²) in [5.74, 6) is 1.88. The van der Waals surface area contributed by atoms with Gasteiger partial charge in [-0.25, -0.2) is 8.42 Å². The summed E-state index contributed by atoms with van der Waals surface area (Å²) in [5.41, 5.74) is 0. The van der Waals surface area contributed by atoms with Crippen LogP contribution in [-0.2, 0) is 10.0 Å². The summed E-state index contributed by atoms with van der Waals surface area (Å²) in [6.07, 6.45) is 5.65. The molecule has 5 heteroatoms. The minimum atomic E-state index is -3.30.